The van der Waals surface area contributed by atoms with Crippen molar-refractivity contribution in [1.29, 1.82) is 0 Å². The van der Waals surface area contributed by atoms with Gasteiger partial charge in [0.2, 0.25) is 5.91 Å². The molecule has 1 aliphatic heterocycles. The number of carboxylic acid groups (broad SMARTS) is 1. The van der Waals surface area contributed by atoms with Crippen LogP contribution < -0.4 is 4.90 Å². The fraction of sp³-hybridized carbons (Fsp3) is 0.292. The molecule has 0 saturated carbocycles. The molecule has 0 fully saturated rings. The summed E-state index contributed by atoms with van der Waals surface area (Å²) in [6.07, 6.45) is 0.632. The predicted octanol–water partition coefficient (Wildman–Crippen LogP) is 5.34. The topological polar surface area (TPSA) is 74.7 Å². The van der Waals surface area contributed by atoms with Crippen LogP contribution in [-0.4, -0.2) is 22.8 Å². The standard InChI is InChI=1S/C24H21ClFNO4/c1-24(2)11-19-22(20(28)12-24)15(14-5-3-4-6-18(14)26)10-21(29)27(19)13-7-8-17(25)16(9-13)23(30)31/h3-9,15H,10-12H2,1-2H3,(H,30,31). The van der Waals surface area contributed by atoms with E-state index in [-0.39, 0.29) is 28.7 Å². The van der Waals surface area contributed by atoms with Crippen molar-refractivity contribution < 1.29 is 23.9 Å². The summed E-state index contributed by atoms with van der Waals surface area (Å²) in [6, 6.07) is 10.5. The molecule has 0 aromatic heterocycles. The number of carboxylic acids is 1. The van der Waals surface area contributed by atoms with Crippen molar-refractivity contribution in [3.8, 4) is 0 Å². The molecule has 160 valence electrons. The van der Waals surface area contributed by atoms with E-state index < -0.39 is 23.1 Å². The Morgan fingerprint density at radius 2 is 1.87 bits per heavy atom. The molecule has 1 unspecified atom stereocenters. The number of nitrogens with zero attached hydrogens (tertiary/aromatic N) is 1. The summed E-state index contributed by atoms with van der Waals surface area (Å²) in [6.45, 7) is 3.88. The summed E-state index contributed by atoms with van der Waals surface area (Å²) < 4.78 is 14.6. The van der Waals surface area contributed by atoms with E-state index in [1.165, 1.54) is 23.1 Å². The number of benzene rings is 2. The summed E-state index contributed by atoms with van der Waals surface area (Å²) in [5, 5.41) is 9.49. The minimum Gasteiger partial charge on any atom is -0.478 e. The van der Waals surface area contributed by atoms with Gasteiger partial charge in [-0.15, -0.1) is 0 Å². The van der Waals surface area contributed by atoms with Gasteiger partial charge in [0, 0.05) is 35.7 Å². The van der Waals surface area contributed by atoms with Gasteiger partial charge in [-0.3, -0.25) is 14.5 Å². The van der Waals surface area contributed by atoms with Crippen molar-refractivity contribution >= 4 is 34.9 Å². The van der Waals surface area contributed by atoms with Gasteiger partial charge in [-0.1, -0.05) is 43.6 Å². The van der Waals surface area contributed by atoms with E-state index in [0.717, 1.165) is 0 Å². The van der Waals surface area contributed by atoms with Crippen LogP contribution in [0.1, 0.15) is 54.9 Å². The first-order valence-electron chi connectivity index (χ1n) is 9.95. The molecule has 5 nitrogen and oxygen atoms in total. The highest BCUT2D eigenvalue weighted by molar-refractivity contribution is 6.33. The van der Waals surface area contributed by atoms with Gasteiger partial charge in [0.25, 0.3) is 0 Å². The van der Waals surface area contributed by atoms with Crippen LogP contribution in [0.25, 0.3) is 0 Å². The maximum absolute atomic E-state index is 14.6. The molecule has 1 heterocycles. The molecular formula is C24H21ClFNO4. The van der Waals surface area contributed by atoms with Crippen molar-refractivity contribution in [1.82, 2.24) is 0 Å². The van der Waals surface area contributed by atoms with Crippen molar-refractivity contribution in [2.75, 3.05) is 4.90 Å². The van der Waals surface area contributed by atoms with Crippen LogP contribution in [0.3, 0.4) is 0 Å². The Morgan fingerprint density at radius 3 is 2.55 bits per heavy atom. The molecule has 0 bridgehead atoms. The molecule has 2 aromatic rings. The van der Waals surface area contributed by atoms with Crippen LogP contribution in [-0.2, 0) is 9.59 Å². The fourth-order valence-electron chi connectivity index (χ4n) is 4.55. The number of allylic oxidation sites excluding steroid dienone is 2. The second-order valence-corrected chi connectivity index (χ2v) is 9.19. The zero-order valence-corrected chi connectivity index (χ0v) is 17.9. The van der Waals surface area contributed by atoms with Crippen molar-refractivity contribution in [2.24, 2.45) is 5.41 Å². The summed E-state index contributed by atoms with van der Waals surface area (Å²) in [5.74, 6) is -2.79. The number of rotatable bonds is 3. The van der Waals surface area contributed by atoms with Crippen LogP contribution in [0.2, 0.25) is 5.02 Å². The van der Waals surface area contributed by atoms with Crippen LogP contribution in [0.5, 0.6) is 0 Å². The second-order valence-electron chi connectivity index (χ2n) is 8.78. The summed E-state index contributed by atoms with van der Waals surface area (Å²) in [5.41, 5.74) is 1.05. The van der Waals surface area contributed by atoms with E-state index >= 15 is 0 Å². The van der Waals surface area contributed by atoms with Gasteiger partial charge in [0.1, 0.15) is 5.82 Å². The van der Waals surface area contributed by atoms with Crippen LogP contribution in [0.15, 0.2) is 53.7 Å². The number of hydrogen-bond donors (Lipinski definition) is 1. The maximum atomic E-state index is 14.6. The Balaban J connectivity index is 1.93. The predicted molar refractivity (Wildman–Crippen MR) is 115 cm³/mol. The molecule has 1 aliphatic carbocycles. The third-order valence-electron chi connectivity index (χ3n) is 5.86. The first kappa shape index (κ1) is 21.2. The zero-order chi connectivity index (χ0) is 22.5. The number of halogens is 2. The molecule has 31 heavy (non-hydrogen) atoms. The Morgan fingerprint density at radius 1 is 1.16 bits per heavy atom. The Kier molecular flexibility index (Phi) is 5.21. The van der Waals surface area contributed by atoms with Gasteiger partial charge in [-0.25, -0.2) is 9.18 Å². The molecular weight excluding hydrogens is 421 g/mol. The largest absolute Gasteiger partial charge is 0.478 e. The molecule has 1 atom stereocenters. The van der Waals surface area contributed by atoms with E-state index in [2.05, 4.69) is 0 Å². The van der Waals surface area contributed by atoms with Crippen LogP contribution >= 0.6 is 11.6 Å². The van der Waals surface area contributed by atoms with Crippen molar-refractivity contribution in [3.63, 3.8) is 0 Å². The van der Waals surface area contributed by atoms with Gasteiger partial charge in [-0.2, -0.15) is 0 Å². The fourth-order valence-corrected chi connectivity index (χ4v) is 4.75. The number of Topliss-reactive ketones (excluding diaryl/α,β-unsaturated/α-hetero) is 1. The molecule has 0 radical (unpaired) electrons. The summed E-state index contributed by atoms with van der Waals surface area (Å²) in [7, 11) is 0. The average Bonchev–Trinajstić information content (AvgIpc) is 2.67. The lowest BCUT2D eigenvalue weighted by Crippen LogP contribution is -2.44. The SMILES string of the molecule is CC1(C)CC(=O)C2=C(C1)N(c1ccc(Cl)c(C(=O)O)c1)C(=O)CC2c1ccccc1F. The van der Waals surface area contributed by atoms with E-state index in [4.69, 9.17) is 11.6 Å². The van der Waals surface area contributed by atoms with E-state index in [1.54, 1.807) is 24.3 Å². The van der Waals surface area contributed by atoms with E-state index in [9.17, 15) is 23.9 Å². The Bertz CT molecular complexity index is 1150. The smallest absolute Gasteiger partial charge is 0.337 e. The number of carbonyl (C=O) groups is 3. The third-order valence-corrected chi connectivity index (χ3v) is 6.19. The van der Waals surface area contributed by atoms with Gasteiger partial charge in [0.05, 0.1) is 10.6 Å². The van der Waals surface area contributed by atoms with Crippen LogP contribution in [0.4, 0.5) is 10.1 Å². The molecule has 1 N–H and O–H groups in total. The molecule has 4 rings (SSSR count). The highest BCUT2D eigenvalue weighted by atomic mass is 35.5. The van der Waals surface area contributed by atoms with Crippen molar-refractivity contribution in [3.05, 3.63) is 75.7 Å². The van der Waals surface area contributed by atoms with Crippen LogP contribution in [0, 0.1) is 11.2 Å². The molecule has 2 aliphatic rings. The summed E-state index contributed by atoms with van der Waals surface area (Å²) in [4.78, 5) is 39.5. The Labute approximate surface area is 184 Å². The molecule has 0 saturated heterocycles. The van der Waals surface area contributed by atoms with Gasteiger partial charge >= 0.3 is 5.97 Å². The maximum Gasteiger partial charge on any atom is 0.337 e. The number of carbonyl (C=O) groups excluding carboxylic acids is 2. The quantitative estimate of drug-likeness (QED) is 0.697. The first-order chi connectivity index (χ1) is 14.6. The monoisotopic (exact) mass is 441 g/mol. The number of hydrogen-bond acceptors (Lipinski definition) is 3. The first-order valence-corrected chi connectivity index (χ1v) is 10.3. The lowest BCUT2D eigenvalue weighted by molar-refractivity contribution is -0.121. The average molecular weight is 442 g/mol. The lowest BCUT2D eigenvalue weighted by atomic mass is 9.69. The molecule has 1 amide bonds. The van der Waals surface area contributed by atoms with E-state index in [0.29, 0.717) is 35.4 Å². The molecule has 7 heteroatoms. The highest BCUT2D eigenvalue weighted by Gasteiger charge is 2.45. The van der Waals surface area contributed by atoms with Gasteiger partial charge in [-0.05, 0) is 41.7 Å². The number of anilines is 1. The second kappa shape index (κ2) is 7.61. The minimum atomic E-state index is -1.21. The number of amides is 1. The zero-order valence-electron chi connectivity index (χ0n) is 17.1. The van der Waals surface area contributed by atoms with Gasteiger partial charge in [0.15, 0.2) is 5.78 Å². The lowest BCUT2D eigenvalue weighted by Gasteiger charge is -2.43. The highest BCUT2D eigenvalue weighted by Crippen LogP contribution is 2.48. The molecule has 0 spiro atoms. The normalized spacial score (nSPS) is 20.6. The van der Waals surface area contributed by atoms with Crippen molar-refractivity contribution in [2.45, 2.75) is 39.0 Å². The number of ketones is 1. The molecule has 2 aromatic carbocycles. The minimum absolute atomic E-state index is 0.0548. The number of aromatic carboxylic acids is 1. The van der Waals surface area contributed by atoms with E-state index in [1.807, 2.05) is 13.8 Å². The Hall–Kier alpha value is -2.99. The summed E-state index contributed by atoms with van der Waals surface area (Å²) >= 11 is 6.00. The third kappa shape index (κ3) is 3.76. The van der Waals surface area contributed by atoms with Gasteiger partial charge < -0.3 is 5.11 Å².